The van der Waals surface area contributed by atoms with Gasteiger partial charge in [-0.15, -0.1) is 0 Å². The Morgan fingerprint density at radius 2 is 1.85 bits per heavy atom. The molecule has 1 saturated heterocycles. The Morgan fingerprint density at radius 3 is 2.61 bits per heavy atom. The molecule has 2 aliphatic rings. The zero-order chi connectivity index (χ0) is 23.4. The van der Waals surface area contributed by atoms with Gasteiger partial charge in [-0.1, -0.05) is 17.7 Å². The number of piperazine rings is 1. The number of nitrogens with one attached hydrogen (secondary N) is 1. The van der Waals surface area contributed by atoms with Gasteiger partial charge in [0.1, 0.15) is 5.82 Å². The number of anilines is 2. The zero-order valence-corrected chi connectivity index (χ0v) is 18.9. The number of amides is 1. The average molecular weight is 483 g/mol. The molecule has 3 heterocycles. The van der Waals surface area contributed by atoms with Crippen molar-refractivity contribution in [3.05, 3.63) is 46.5 Å². The second kappa shape index (κ2) is 10.2. The summed E-state index contributed by atoms with van der Waals surface area (Å²) >= 11 is 5.85. The number of pyridine rings is 1. The molecule has 0 atom stereocenters. The minimum atomic E-state index is -4.48. The number of ether oxygens (including phenoxy) is 1. The number of aromatic nitrogens is 1. The van der Waals surface area contributed by atoms with Gasteiger partial charge in [0.25, 0.3) is 0 Å². The van der Waals surface area contributed by atoms with E-state index >= 15 is 0 Å². The van der Waals surface area contributed by atoms with Crippen LogP contribution in [-0.4, -0.2) is 55.1 Å². The lowest BCUT2D eigenvalue weighted by Crippen LogP contribution is -2.47. The maximum Gasteiger partial charge on any atom is 0.419 e. The Labute approximate surface area is 195 Å². The largest absolute Gasteiger partial charge is 0.478 e. The van der Waals surface area contributed by atoms with Crippen LogP contribution in [0.5, 0.6) is 5.88 Å². The van der Waals surface area contributed by atoms with Gasteiger partial charge in [0, 0.05) is 38.7 Å². The highest BCUT2D eigenvalue weighted by Gasteiger charge is 2.37. The summed E-state index contributed by atoms with van der Waals surface area (Å²) in [5.41, 5.74) is 0.408. The van der Waals surface area contributed by atoms with E-state index in [4.69, 9.17) is 16.3 Å². The fourth-order valence-electron chi connectivity index (χ4n) is 4.19. The van der Waals surface area contributed by atoms with Gasteiger partial charge in [-0.2, -0.15) is 18.2 Å². The number of fused-ring (bicyclic) bond motifs is 1. The predicted octanol–water partition coefficient (Wildman–Crippen LogP) is 4.62. The van der Waals surface area contributed by atoms with Gasteiger partial charge >= 0.3 is 6.18 Å². The number of halogens is 4. The van der Waals surface area contributed by atoms with Gasteiger partial charge in [0.05, 0.1) is 22.9 Å². The number of rotatable bonds is 7. The first kappa shape index (κ1) is 23.6. The third kappa shape index (κ3) is 5.89. The number of unbranched alkanes of at least 4 members (excludes halogenated alkanes) is 1. The lowest BCUT2D eigenvalue weighted by Gasteiger charge is -2.37. The van der Waals surface area contributed by atoms with Crippen molar-refractivity contribution >= 4 is 29.0 Å². The van der Waals surface area contributed by atoms with Crippen LogP contribution >= 0.6 is 11.6 Å². The molecule has 0 radical (unpaired) electrons. The Balaban J connectivity index is 1.19. The lowest BCUT2D eigenvalue weighted by molar-refractivity contribution is -0.137. The van der Waals surface area contributed by atoms with Crippen LogP contribution in [0.1, 0.15) is 30.4 Å². The van der Waals surface area contributed by atoms with E-state index in [0.29, 0.717) is 57.3 Å². The first-order valence-electron chi connectivity index (χ1n) is 11.1. The van der Waals surface area contributed by atoms with Gasteiger partial charge in [0.2, 0.25) is 11.8 Å². The van der Waals surface area contributed by atoms with Gasteiger partial charge in [-0.25, -0.2) is 0 Å². The molecule has 0 bridgehead atoms. The molecule has 178 valence electrons. The Bertz CT molecular complexity index is 994. The highest BCUT2D eigenvalue weighted by Crippen LogP contribution is 2.41. The van der Waals surface area contributed by atoms with E-state index in [0.717, 1.165) is 24.9 Å². The lowest BCUT2D eigenvalue weighted by atomic mass is 10.1. The molecular formula is C23H26ClF3N4O2. The van der Waals surface area contributed by atoms with Crippen LogP contribution in [0.2, 0.25) is 5.02 Å². The topological polar surface area (TPSA) is 57.7 Å². The molecule has 0 unspecified atom stereocenters. The van der Waals surface area contributed by atoms with Crippen LogP contribution in [0, 0.1) is 0 Å². The number of hydrogen-bond acceptors (Lipinski definition) is 5. The minimum Gasteiger partial charge on any atom is -0.478 e. The number of benzene rings is 1. The highest BCUT2D eigenvalue weighted by molar-refractivity contribution is 6.31. The van der Waals surface area contributed by atoms with E-state index in [9.17, 15) is 18.0 Å². The van der Waals surface area contributed by atoms with Crippen molar-refractivity contribution in [2.24, 2.45) is 0 Å². The molecule has 4 rings (SSSR count). The van der Waals surface area contributed by atoms with Gasteiger partial charge in [0.15, 0.2) is 0 Å². The summed E-state index contributed by atoms with van der Waals surface area (Å²) in [6.07, 6.45) is -1.57. The number of alkyl halides is 3. The number of carbonyl (C=O) groups is 1. The first-order chi connectivity index (χ1) is 15.8. The van der Waals surface area contributed by atoms with Crippen molar-refractivity contribution in [3.63, 3.8) is 0 Å². The quantitative estimate of drug-likeness (QED) is 0.584. The Kier molecular flexibility index (Phi) is 7.29. The summed E-state index contributed by atoms with van der Waals surface area (Å²) in [4.78, 5) is 19.9. The van der Waals surface area contributed by atoms with Crippen LogP contribution in [0.3, 0.4) is 0 Å². The molecule has 1 amide bonds. The molecule has 1 aromatic heterocycles. The summed E-state index contributed by atoms with van der Waals surface area (Å²) in [5.74, 6) is 1.04. The van der Waals surface area contributed by atoms with Crippen LogP contribution in [0.15, 0.2) is 30.3 Å². The standard InChI is InChI=1S/C23H26ClF3N4O2/c24-17-4-3-5-18(21(17)23(25,26)27)31-13-11-30(12-14-31)10-1-2-15-33-20-9-7-16-6-8-19(32)28-22(16)29-20/h3-5,7,9H,1-2,6,8,10-15H2,(H,28,29,32). The second-order valence-corrected chi connectivity index (χ2v) is 8.63. The molecule has 0 spiro atoms. The van der Waals surface area contributed by atoms with E-state index in [-0.39, 0.29) is 16.6 Å². The summed E-state index contributed by atoms with van der Waals surface area (Å²) in [5, 5.41) is 2.50. The SMILES string of the molecule is O=C1CCc2ccc(OCCCCN3CCN(c4cccc(Cl)c4C(F)(F)F)CC3)nc2N1. The molecule has 0 aliphatic carbocycles. The van der Waals surface area contributed by atoms with Crippen LogP contribution in [0.25, 0.3) is 0 Å². The van der Waals surface area contributed by atoms with Crippen molar-refractivity contribution < 1.29 is 22.7 Å². The van der Waals surface area contributed by atoms with Crippen molar-refractivity contribution in [1.82, 2.24) is 9.88 Å². The second-order valence-electron chi connectivity index (χ2n) is 8.22. The maximum absolute atomic E-state index is 13.4. The molecule has 1 N–H and O–H groups in total. The normalized spacial score (nSPS) is 17.0. The summed E-state index contributed by atoms with van der Waals surface area (Å²) in [6, 6.07) is 8.08. The number of hydrogen-bond donors (Lipinski definition) is 1. The minimum absolute atomic E-state index is 0.0303. The summed E-state index contributed by atoms with van der Waals surface area (Å²) < 4.78 is 46.1. The molecule has 33 heavy (non-hydrogen) atoms. The van der Waals surface area contributed by atoms with Crippen molar-refractivity contribution in [3.8, 4) is 5.88 Å². The van der Waals surface area contributed by atoms with Crippen LogP contribution in [-0.2, 0) is 17.4 Å². The third-order valence-corrected chi connectivity index (χ3v) is 6.25. The monoisotopic (exact) mass is 482 g/mol. The molecule has 1 fully saturated rings. The van der Waals surface area contributed by atoms with E-state index in [2.05, 4.69) is 15.2 Å². The predicted molar refractivity (Wildman–Crippen MR) is 121 cm³/mol. The number of nitrogens with zero attached hydrogens (tertiary/aromatic N) is 3. The Hall–Kier alpha value is -2.52. The maximum atomic E-state index is 13.4. The van der Waals surface area contributed by atoms with Crippen molar-refractivity contribution in [1.29, 1.82) is 0 Å². The first-order valence-corrected chi connectivity index (χ1v) is 11.4. The molecule has 0 saturated carbocycles. The Morgan fingerprint density at radius 1 is 1.06 bits per heavy atom. The number of aryl methyl sites for hydroxylation is 1. The fraction of sp³-hybridized carbons (Fsp3) is 0.478. The zero-order valence-electron chi connectivity index (χ0n) is 18.1. The summed E-state index contributed by atoms with van der Waals surface area (Å²) in [7, 11) is 0. The van der Waals surface area contributed by atoms with Gasteiger partial charge in [-0.3, -0.25) is 9.69 Å². The van der Waals surface area contributed by atoms with E-state index in [1.165, 1.54) is 12.1 Å². The summed E-state index contributed by atoms with van der Waals surface area (Å²) in [6.45, 7) is 3.78. The van der Waals surface area contributed by atoms with Crippen LogP contribution in [0.4, 0.5) is 24.7 Å². The molecular weight excluding hydrogens is 457 g/mol. The van der Waals surface area contributed by atoms with Crippen molar-refractivity contribution in [2.75, 3.05) is 49.5 Å². The smallest absolute Gasteiger partial charge is 0.419 e. The van der Waals surface area contributed by atoms with E-state index in [1.807, 2.05) is 12.1 Å². The van der Waals surface area contributed by atoms with Gasteiger partial charge in [-0.05, 0) is 49.6 Å². The van der Waals surface area contributed by atoms with Crippen molar-refractivity contribution in [2.45, 2.75) is 31.9 Å². The molecule has 2 aromatic rings. The fourth-order valence-corrected chi connectivity index (χ4v) is 4.46. The molecule has 6 nitrogen and oxygen atoms in total. The molecule has 2 aliphatic heterocycles. The van der Waals surface area contributed by atoms with E-state index < -0.39 is 11.7 Å². The number of carbonyl (C=O) groups excluding carboxylic acids is 1. The van der Waals surface area contributed by atoms with Crippen LogP contribution < -0.4 is 15.0 Å². The highest BCUT2D eigenvalue weighted by atomic mass is 35.5. The molecule has 1 aromatic carbocycles. The molecule has 10 heteroatoms. The third-order valence-electron chi connectivity index (χ3n) is 5.94. The van der Waals surface area contributed by atoms with Gasteiger partial charge < -0.3 is 15.0 Å². The average Bonchev–Trinajstić information content (AvgIpc) is 2.78. The van der Waals surface area contributed by atoms with E-state index in [1.54, 1.807) is 11.0 Å².